The Balaban J connectivity index is 0.000000314. The average Bonchev–Trinajstić information content (AvgIpc) is 3.73. The fourth-order valence-corrected chi connectivity index (χ4v) is 5.00. The number of hydrogen-bond acceptors (Lipinski definition) is 9. The molecule has 1 aromatic heterocycles. The largest absolute Gasteiger partial charge is 0.459 e. The first-order valence-corrected chi connectivity index (χ1v) is 13.8. The first-order chi connectivity index (χ1) is 20.7. The molecule has 222 valence electrons. The van der Waals surface area contributed by atoms with Crippen LogP contribution in [-0.2, 0) is 18.9 Å². The van der Waals surface area contributed by atoms with Gasteiger partial charge in [-0.2, -0.15) is 0 Å². The minimum atomic E-state index is -0.752. The number of carbonyl (C=O) groups is 3. The third kappa shape index (κ3) is 6.81. The maximum Gasteiger partial charge on any atom is 0.338 e. The van der Waals surface area contributed by atoms with Crippen molar-refractivity contribution in [3.8, 4) is 0 Å². The highest BCUT2D eigenvalue weighted by Gasteiger charge is 2.54. The zero-order chi connectivity index (χ0) is 30.5. The van der Waals surface area contributed by atoms with Crippen molar-refractivity contribution in [2.75, 3.05) is 6.61 Å². The van der Waals surface area contributed by atoms with Crippen LogP contribution in [0.25, 0.3) is 0 Å². The molecule has 2 saturated heterocycles. The fraction of sp³-hybridized carbons (Fsp3) is 0.258. The van der Waals surface area contributed by atoms with Crippen LogP contribution in [0, 0.1) is 13.8 Å². The molecule has 4 aromatic rings. The van der Waals surface area contributed by atoms with Gasteiger partial charge in [-0.15, -0.1) is 5.10 Å². The van der Waals surface area contributed by atoms with Gasteiger partial charge in [0.2, 0.25) is 5.82 Å². The van der Waals surface area contributed by atoms with Crippen LogP contribution in [0.1, 0.15) is 60.5 Å². The number of esters is 1. The second-order valence-corrected chi connectivity index (χ2v) is 10.3. The molecule has 0 spiro atoms. The van der Waals surface area contributed by atoms with Crippen LogP contribution < -0.4 is 5.73 Å². The molecule has 12 heteroatoms. The van der Waals surface area contributed by atoms with E-state index >= 15 is 0 Å². The number of aromatic nitrogens is 3. The van der Waals surface area contributed by atoms with Gasteiger partial charge < -0.3 is 24.7 Å². The predicted octanol–water partition coefficient (Wildman–Crippen LogP) is 4.30. The highest BCUT2D eigenvalue weighted by molar-refractivity contribution is 6.67. The van der Waals surface area contributed by atoms with Crippen LogP contribution in [0.2, 0.25) is 0 Å². The topological polar surface area (TPSA) is 145 Å². The average molecular weight is 605 g/mol. The predicted molar refractivity (Wildman–Crippen MR) is 154 cm³/mol. The molecule has 0 aliphatic carbocycles. The van der Waals surface area contributed by atoms with Crippen LogP contribution in [0.5, 0.6) is 0 Å². The summed E-state index contributed by atoms with van der Waals surface area (Å²) in [6, 6.07) is 23.9. The molecular formula is C31H29ClN4O7. The van der Waals surface area contributed by atoms with Crippen LogP contribution in [0.15, 0.2) is 85.2 Å². The van der Waals surface area contributed by atoms with Gasteiger partial charge in [0.1, 0.15) is 31.2 Å². The van der Waals surface area contributed by atoms with Crippen molar-refractivity contribution >= 4 is 28.7 Å². The Labute approximate surface area is 252 Å². The number of benzene rings is 3. The minimum Gasteiger partial charge on any atom is -0.459 e. The van der Waals surface area contributed by atoms with Gasteiger partial charge in [0.15, 0.2) is 12.5 Å². The Morgan fingerprint density at radius 1 is 0.860 bits per heavy atom. The zero-order valence-corrected chi connectivity index (χ0v) is 24.1. The molecule has 2 fully saturated rings. The standard InChI is InChI=1S/C23H22N4O6.C8H7ClO/c1-13-7-5-6-10-15(13)22(29)30-11-16-17-18(33-23(32-17)14-8-3-2-4-9-14)21(31-16)27-12-25-20(26-27)19(24)28;1-6-4-2-3-5-7(6)8(9)10/h2-10,12,16-18,21,23H,11H2,1H3,(H2,24,28);2-5H,1H3/t16-,17?,18-,21-,23?;/m1./s1. The number of aryl methyl sites for hydroxylation is 2. The van der Waals surface area contributed by atoms with Gasteiger partial charge in [0.25, 0.3) is 11.1 Å². The number of rotatable bonds is 7. The third-order valence-corrected chi connectivity index (χ3v) is 7.21. The van der Waals surface area contributed by atoms with Gasteiger partial charge in [-0.3, -0.25) is 9.59 Å². The van der Waals surface area contributed by atoms with E-state index in [-0.39, 0.29) is 12.4 Å². The summed E-state index contributed by atoms with van der Waals surface area (Å²) >= 11 is 5.27. The molecule has 0 radical (unpaired) electrons. The normalized spacial score (nSPS) is 22.3. The van der Waals surface area contributed by atoms with E-state index in [1.807, 2.05) is 68.4 Å². The summed E-state index contributed by atoms with van der Waals surface area (Å²) in [4.78, 5) is 38.6. The highest BCUT2D eigenvalue weighted by atomic mass is 35.5. The number of hydrogen-bond donors (Lipinski definition) is 1. The Morgan fingerprint density at radius 2 is 1.47 bits per heavy atom. The molecule has 43 heavy (non-hydrogen) atoms. The van der Waals surface area contributed by atoms with Crippen molar-refractivity contribution in [2.24, 2.45) is 5.73 Å². The summed E-state index contributed by atoms with van der Waals surface area (Å²) in [5, 5.41) is 3.71. The number of primary amides is 1. The van der Waals surface area contributed by atoms with Crippen molar-refractivity contribution in [1.82, 2.24) is 14.8 Å². The number of halogens is 1. The maximum atomic E-state index is 12.6. The van der Waals surface area contributed by atoms with E-state index < -0.39 is 47.9 Å². The van der Waals surface area contributed by atoms with E-state index in [0.29, 0.717) is 11.1 Å². The lowest BCUT2D eigenvalue weighted by Crippen LogP contribution is -2.32. The first-order valence-electron chi connectivity index (χ1n) is 13.4. The monoisotopic (exact) mass is 604 g/mol. The van der Waals surface area contributed by atoms with Gasteiger partial charge in [-0.05, 0) is 48.7 Å². The summed E-state index contributed by atoms with van der Waals surface area (Å²) in [5.41, 5.74) is 8.93. The maximum absolute atomic E-state index is 12.6. The Morgan fingerprint density at radius 3 is 2.05 bits per heavy atom. The summed E-state index contributed by atoms with van der Waals surface area (Å²) < 4.78 is 25.3. The van der Waals surface area contributed by atoms with Gasteiger partial charge in [0.05, 0.1) is 5.56 Å². The molecule has 3 heterocycles. The quantitative estimate of drug-likeness (QED) is 0.241. The van der Waals surface area contributed by atoms with Crippen LogP contribution >= 0.6 is 11.6 Å². The highest BCUT2D eigenvalue weighted by Crippen LogP contribution is 2.44. The third-order valence-electron chi connectivity index (χ3n) is 7.01. The van der Waals surface area contributed by atoms with E-state index in [1.54, 1.807) is 24.3 Å². The Hall–Kier alpha value is -4.42. The molecule has 5 atom stereocenters. The number of nitrogens with two attached hydrogens (primary N) is 1. The van der Waals surface area contributed by atoms with E-state index in [9.17, 15) is 14.4 Å². The van der Waals surface area contributed by atoms with Crippen LogP contribution in [-0.4, -0.2) is 56.8 Å². The first kappa shape index (κ1) is 30.1. The molecule has 1 amide bonds. The molecule has 2 unspecified atom stereocenters. The molecule has 2 aliphatic rings. The van der Waals surface area contributed by atoms with E-state index in [0.717, 1.165) is 16.7 Å². The summed E-state index contributed by atoms with van der Waals surface area (Å²) in [6.45, 7) is 3.65. The number of amides is 1. The number of ether oxygens (including phenoxy) is 4. The fourth-order valence-electron chi connectivity index (χ4n) is 4.79. The number of carbonyl (C=O) groups excluding carboxylic acids is 3. The molecule has 0 bridgehead atoms. The number of nitrogens with zero attached hydrogens (tertiary/aromatic N) is 3. The summed E-state index contributed by atoms with van der Waals surface area (Å²) in [7, 11) is 0. The van der Waals surface area contributed by atoms with Gasteiger partial charge in [-0.25, -0.2) is 14.5 Å². The zero-order valence-electron chi connectivity index (χ0n) is 23.3. The van der Waals surface area contributed by atoms with Crippen LogP contribution in [0.4, 0.5) is 0 Å². The van der Waals surface area contributed by atoms with Crippen molar-refractivity contribution in [1.29, 1.82) is 0 Å². The minimum absolute atomic E-state index is 0.0485. The lowest BCUT2D eigenvalue weighted by molar-refractivity contribution is -0.156. The van der Waals surface area contributed by atoms with Gasteiger partial charge in [-0.1, -0.05) is 66.7 Å². The molecule has 11 nitrogen and oxygen atoms in total. The second kappa shape index (κ2) is 13.3. The lowest BCUT2D eigenvalue weighted by atomic mass is 10.1. The molecule has 2 N–H and O–H groups in total. The lowest BCUT2D eigenvalue weighted by Gasteiger charge is -2.20. The second-order valence-electron chi connectivity index (χ2n) is 9.92. The van der Waals surface area contributed by atoms with Gasteiger partial charge in [0, 0.05) is 11.1 Å². The summed E-state index contributed by atoms with van der Waals surface area (Å²) in [5.74, 6) is -1.34. The Kier molecular flexibility index (Phi) is 9.27. The SMILES string of the molecule is Cc1ccccc1C(=O)Cl.Cc1ccccc1C(=O)OC[C@H]1O[C@@H](n2cnc(C(N)=O)n2)[C@@H]2OC(c3ccccc3)OC21. The molecule has 6 rings (SSSR count). The summed E-state index contributed by atoms with van der Waals surface area (Å²) in [6.07, 6.45) is -1.75. The van der Waals surface area contributed by atoms with E-state index in [4.69, 9.17) is 36.3 Å². The van der Waals surface area contributed by atoms with Crippen LogP contribution in [0.3, 0.4) is 0 Å². The van der Waals surface area contributed by atoms with Gasteiger partial charge >= 0.3 is 5.97 Å². The van der Waals surface area contributed by atoms with Crippen molar-refractivity contribution in [2.45, 2.75) is 44.7 Å². The smallest absolute Gasteiger partial charge is 0.338 e. The van der Waals surface area contributed by atoms with Crippen molar-refractivity contribution in [3.63, 3.8) is 0 Å². The number of fused-ring (bicyclic) bond motifs is 1. The van der Waals surface area contributed by atoms with E-state index in [1.165, 1.54) is 11.0 Å². The Bertz CT molecular complexity index is 1610. The molecule has 0 saturated carbocycles. The van der Waals surface area contributed by atoms with E-state index in [2.05, 4.69) is 10.1 Å². The van der Waals surface area contributed by atoms with Crippen molar-refractivity contribution < 1.29 is 33.3 Å². The molecule has 2 aliphatic heterocycles. The molecule has 3 aromatic carbocycles. The molecular weight excluding hydrogens is 576 g/mol. The van der Waals surface area contributed by atoms with Crippen molar-refractivity contribution in [3.05, 3.63) is 119 Å².